The van der Waals surface area contributed by atoms with E-state index in [1.165, 1.54) is 0 Å². The van der Waals surface area contributed by atoms with Gasteiger partial charge in [0.1, 0.15) is 0 Å². The Labute approximate surface area is 151 Å². The Morgan fingerprint density at radius 2 is 1.92 bits per heavy atom. The average molecular weight is 349 g/mol. The zero-order valence-corrected chi connectivity index (χ0v) is 16.5. The second kappa shape index (κ2) is 8.56. The molecule has 5 heteroatoms. The van der Waals surface area contributed by atoms with Gasteiger partial charge in [-0.2, -0.15) is 0 Å². The van der Waals surface area contributed by atoms with Crippen LogP contribution in [0.25, 0.3) is 0 Å². The fourth-order valence-corrected chi connectivity index (χ4v) is 3.84. The summed E-state index contributed by atoms with van der Waals surface area (Å²) >= 11 is 0. The van der Waals surface area contributed by atoms with Gasteiger partial charge < -0.3 is 19.3 Å². The number of amides is 1. The maximum atomic E-state index is 12.7. The summed E-state index contributed by atoms with van der Waals surface area (Å²) in [6, 6.07) is 6.76. The van der Waals surface area contributed by atoms with E-state index in [2.05, 4.69) is 25.8 Å². The number of nitrogens with zero attached hydrogens (tertiary/aromatic N) is 1. The van der Waals surface area contributed by atoms with Gasteiger partial charge in [0.05, 0.1) is 33.9 Å². The molecule has 5 nitrogen and oxygen atoms in total. The SMILES string of the molecule is CCC(=O)N(Cc1ccc(OC)c(OC)c1)[C@@H]1C[C@@H](C)[NH+](C)C[C@@H]1C. The van der Waals surface area contributed by atoms with E-state index in [4.69, 9.17) is 9.47 Å². The highest BCUT2D eigenvalue weighted by molar-refractivity contribution is 5.76. The van der Waals surface area contributed by atoms with Gasteiger partial charge in [-0.1, -0.05) is 19.9 Å². The first-order valence-electron chi connectivity index (χ1n) is 9.23. The van der Waals surface area contributed by atoms with Gasteiger partial charge in [0.2, 0.25) is 5.91 Å². The number of piperidine rings is 1. The minimum absolute atomic E-state index is 0.221. The Bertz CT molecular complexity index is 590. The summed E-state index contributed by atoms with van der Waals surface area (Å²) in [5, 5.41) is 0. The van der Waals surface area contributed by atoms with Crippen LogP contribution in [0.15, 0.2) is 18.2 Å². The molecule has 0 aliphatic carbocycles. The van der Waals surface area contributed by atoms with E-state index < -0.39 is 0 Å². The molecule has 1 aromatic carbocycles. The Morgan fingerprint density at radius 3 is 2.52 bits per heavy atom. The number of hydrogen-bond donors (Lipinski definition) is 1. The fourth-order valence-electron chi connectivity index (χ4n) is 3.84. The molecule has 0 aromatic heterocycles. The second-order valence-electron chi connectivity index (χ2n) is 7.30. The van der Waals surface area contributed by atoms with Crippen LogP contribution < -0.4 is 14.4 Å². The van der Waals surface area contributed by atoms with Crippen LogP contribution in [0.1, 0.15) is 39.2 Å². The normalized spacial score (nSPS) is 26.2. The highest BCUT2D eigenvalue weighted by atomic mass is 16.5. The van der Waals surface area contributed by atoms with E-state index in [1.54, 1.807) is 19.1 Å². The number of ether oxygens (including phenoxy) is 2. The van der Waals surface area contributed by atoms with Gasteiger partial charge in [0.25, 0.3) is 0 Å². The first-order valence-corrected chi connectivity index (χ1v) is 9.23. The molecule has 1 amide bonds. The van der Waals surface area contributed by atoms with Crippen molar-refractivity contribution in [2.24, 2.45) is 5.92 Å². The molecule has 1 fully saturated rings. The van der Waals surface area contributed by atoms with Crippen LogP contribution in [0.4, 0.5) is 0 Å². The first-order chi connectivity index (χ1) is 11.9. The van der Waals surface area contributed by atoms with Crippen LogP contribution >= 0.6 is 0 Å². The van der Waals surface area contributed by atoms with E-state index in [0.717, 1.165) is 18.5 Å². The second-order valence-corrected chi connectivity index (χ2v) is 7.30. The lowest BCUT2D eigenvalue weighted by Crippen LogP contribution is -3.15. The van der Waals surface area contributed by atoms with Crippen molar-refractivity contribution in [1.29, 1.82) is 0 Å². The molecule has 140 valence electrons. The van der Waals surface area contributed by atoms with E-state index >= 15 is 0 Å². The number of quaternary nitrogens is 1. The van der Waals surface area contributed by atoms with Crippen molar-refractivity contribution >= 4 is 5.91 Å². The van der Waals surface area contributed by atoms with Crippen LogP contribution in [0, 0.1) is 5.92 Å². The van der Waals surface area contributed by atoms with Gasteiger partial charge in [0, 0.05) is 31.3 Å². The summed E-state index contributed by atoms with van der Waals surface area (Å²) < 4.78 is 10.7. The van der Waals surface area contributed by atoms with Crippen LogP contribution in [0.3, 0.4) is 0 Å². The number of carbonyl (C=O) groups is 1. The number of hydrogen-bond acceptors (Lipinski definition) is 3. The summed E-state index contributed by atoms with van der Waals surface area (Å²) in [6.45, 7) is 8.21. The van der Waals surface area contributed by atoms with E-state index in [1.807, 2.05) is 25.1 Å². The first kappa shape index (κ1) is 19.6. The molecule has 1 N–H and O–H groups in total. The molecule has 4 atom stereocenters. The largest absolute Gasteiger partial charge is 0.493 e. The minimum Gasteiger partial charge on any atom is -0.493 e. The molecule has 2 rings (SSSR count). The van der Waals surface area contributed by atoms with E-state index in [0.29, 0.717) is 42.5 Å². The quantitative estimate of drug-likeness (QED) is 0.851. The summed E-state index contributed by atoms with van der Waals surface area (Å²) in [5.41, 5.74) is 1.07. The lowest BCUT2D eigenvalue weighted by Gasteiger charge is -2.43. The van der Waals surface area contributed by atoms with Crippen LogP contribution in [0.2, 0.25) is 0 Å². The van der Waals surface area contributed by atoms with Crippen molar-refractivity contribution in [3.8, 4) is 11.5 Å². The third-order valence-corrected chi connectivity index (χ3v) is 5.56. The molecule has 1 aliphatic heterocycles. The summed E-state index contributed by atoms with van der Waals surface area (Å²) in [6.07, 6.45) is 1.58. The van der Waals surface area contributed by atoms with Gasteiger partial charge in [-0.3, -0.25) is 4.79 Å². The molecule has 0 radical (unpaired) electrons. The topological polar surface area (TPSA) is 43.2 Å². The molecule has 1 aliphatic rings. The number of likely N-dealkylation sites (tertiary alicyclic amines) is 1. The van der Waals surface area contributed by atoms with Crippen molar-refractivity contribution in [1.82, 2.24) is 4.90 Å². The predicted molar refractivity (Wildman–Crippen MR) is 99.2 cm³/mol. The molecule has 0 bridgehead atoms. The fraction of sp³-hybridized carbons (Fsp3) is 0.650. The molecule has 0 spiro atoms. The Kier molecular flexibility index (Phi) is 6.71. The van der Waals surface area contributed by atoms with Crippen molar-refractivity contribution in [2.45, 2.75) is 52.2 Å². The van der Waals surface area contributed by atoms with Gasteiger partial charge in [-0.05, 0) is 24.6 Å². The number of carbonyl (C=O) groups excluding carboxylic acids is 1. The zero-order valence-electron chi connectivity index (χ0n) is 16.5. The Balaban J connectivity index is 2.25. The standard InChI is InChI=1S/C20H32N2O3/c1-7-20(23)22(17-10-15(3)21(4)12-14(17)2)13-16-8-9-18(24-5)19(11-16)25-6/h8-9,11,14-15,17H,7,10,12-13H2,1-6H3/p+1/t14-,15+,17+/m0/s1. The monoisotopic (exact) mass is 349 g/mol. The van der Waals surface area contributed by atoms with Gasteiger partial charge in [-0.25, -0.2) is 0 Å². The van der Waals surface area contributed by atoms with E-state index in [-0.39, 0.29) is 5.91 Å². The lowest BCUT2D eigenvalue weighted by molar-refractivity contribution is -0.913. The molecule has 1 heterocycles. The van der Waals surface area contributed by atoms with E-state index in [9.17, 15) is 4.79 Å². The summed E-state index contributed by atoms with van der Waals surface area (Å²) in [4.78, 5) is 16.3. The van der Waals surface area contributed by atoms with Crippen LogP contribution in [0.5, 0.6) is 11.5 Å². The van der Waals surface area contributed by atoms with Gasteiger partial charge in [-0.15, -0.1) is 0 Å². The average Bonchev–Trinajstić information content (AvgIpc) is 2.62. The van der Waals surface area contributed by atoms with Crippen molar-refractivity contribution < 1.29 is 19.2 Å². The smallest absolute Gasteiger partial charge is 0.222 e. The number of methoxy groups -OCH3 is 2. The molecule has 1 saturated heterocycles. The Hall–Kier alpha value is -1.75. The minimum atomic E-state index is 0.221. The maximum Gasteiger partial charge on any atom is 0.222 e. The summed E-state index contributed by atoms with van der Waals surface area (Å²) in [7, 11) is 5.52. The molecular formula is C20H33N2O3+. The number of nitrogens with one attached hydrogen (secondary N) is 1. The lowest BCUT2D eigenvalue weighted by atomic mass is 9.88. The summed E-state index contributed by atoms with van der Waals surface area (Å²) in [5.74, 6) is 2.13. The number of benzene rings is 1. The van der Waals surface area contributed by atoms with Gasteiger partial charge >= 0.3 is 0 Å². The molecule has 0 saturated carbocycles. The van der Waals surface area contributed by atoms with Crippen molar-refractivity contribution in [2.75, 3.05) is 27.8 Å². The molecular weight excluding hydrogens is 316 g/mol. The molecule has 25 heavy (non-hydrogen) atoms. The van der Waals surface area contributed by atoms with Crippen LogP contribution in [-0.2, 0) is 11.3 Å². The Morgan fingerprint density at radius 1 is 1.24 bits per heavy atom. The van der Waals surface area contributed by atoms with Crippen LogP contribution in [-0.4, -0.2) is 50.7 Å². The zero-order chi connectivity index (χ0) is 18.6. The van der Waals surface area contributed by atoms with Crippen molar-refractivity contribution in [3.63, 3.8) is 0 Å². The third-order valence-electron chi connectivity index (χ3n) is 5.56. The van der Waals surface area contributed by atoms with Gasteiger partial charge in [0.15, 0.2) is 11.5 Å². The predicted octanol–water partition coefficient (Wildman–Crippen LogP) is 1.75. The maximum absolute atomic E-state index is 12.7. The third kappa shape index (κ3) is 4.46. The number of rotatable bonds is 6. The highest BCUT2D eigenvalue weighted by Gasteiger charge is 2.37. The molecule has 1 unspecified atom stereocenters. The van der Waals surface area contributed by atoms with Crippen molar-refractivity contribution in [3.05, 3.63) is 23.8 Å². The highest BCUT2D eigenvalue weighted by Crippen LogP contribution is 2.29. The molecule has 1 aromatic rings.